The minimum Gasteiger partial charge on any atom is -0.456 e. The van der Waals surface area contributed by atoms with Crippen molar-refractivity contribution in [1.82, 2.24) is 15.0 Å². The lowest BCUT2D eigenvalue weighted by Gasteiger charge is -2.13. The summed E-state index contributed by atoms with van der Waals surface area (Å²) in [5.41, 5.74) is 7.10. The molecule has 7 aromatic carbocycles. The highest BCUT2D eigenvalue weighted by molar-refractivity contribution is 6.14. The summed E-state index contributed by atoms with van der Waals surface area (Å²) < 4.78 is 13.2. The van der Waals surface area contributed by atoms with Crippen LogP contribution in [0.15, 0.2) is 167 Å². The molecule has 0 radical (unpaired) electrons. The Morgan fingerprint density at radius 2 is 1.13 bits per heavy atom. The van der Waals surface area contributed by atoms with E-state index in [2.05, 4.69) is 140 Å². The molecule has 1 atom stereocenters. The number of allylic oxidation sites excluding steroid dienone is 4. The summed E-state index contributed by atoms with van der Waals surface area (Å²) in [5.74, 6) is 2.05. The molecule has 0 fully saturated rings. The van der Waals surface area contributed by atoms with E-state index in [1.54, 1.807) is 0 Å². The molecule has 0 aliphatic heterocycles. The van der Waals surface area contributed by atoms with Gasteiger partial charge in [-0.05, 0) is 63.9 Å². The maximum absolute atomic E-state index is 6.66. The van der Waals surface area contributed by atoms with Gasteiger partial charge in [0.1, 0.15) is 22.3 Å². The summed E-state index contributed by atoms with van der Waals surface area (Å²) >= 11 is 0. The van der Waals surface area contributed by atoms with Crippen molar-refractivity contribution in [1.29, 1.82) is 0 Å². The topological polar surface area (TPSA) is 65.0 Å². The van der Waals surface area contributed by atoms with E-state index >= 15 is 0 Å². The number of nitrogens with zero attached hydrogens (tertiary/aromatic N) is 3. The molecule has 5 heteroatoms. The summed E-state index contributed by atoms with van der Waals surface area (Å²) in [6, 6.07) is 46.2. The molecule has 0 saturated carbocycles. The van der Waals surface area contributed by atoms with E-state index in [4.69, 9.17) is 23.8 Å². The molecule has 5 nitrogen and oxygen atoms in total. The van der Waals surface area contributed by atoms with E-state index in [1.165, 1.54) is 10.9 Å². The third-order valence-electron chi connectivity index (χ3n) is 10.4. The molecular weight excluding hydrogens is 639 g/mol. The lowest BCUT2D eigenvalue weighted by atomic mass is 9.92. The summed E-state index contributed by atoms with van der Waals surface area (Å²) in [4.78, 5) is 15.7. The third kappa shape index (κ3) is 4.53. The normalized spacial score (nSPS) is 14.5. The van der Waals surface area contributed by atoms with Gasteiger partial charge in [-0.15, -0.1) is 0 Å². The van der Waals surface area contributed by atoms with Gasteiger partial charge in [0.2, 0.25) is 0 Å². The zero-order valence-corrected chi connectivity index (χ0v) is 28.0. The fourth-order valence-electron chi connectivity index (χ4n) is 7.90. The highest BCUT2D eigenvalue weighted by Crippen LogP contribution is 2.41. The number of benzene rings is 7. The first-order valence-electron chi connectivity index (χ1n) is 17.6. The van der Waals surface area contributed by atoms with E-state index in [1.807, 2.05) is 18.2 Å². The smallest absolute Gasteiger partial charge is 0.167 e. The number of aromatic nitrogens is 3. The summed E-state index contributed by atoms with van der Waals surface area (Å²) in [6.45, 7) is 0. The standard InChI is InChI=1S/C47H29N3O2/c1-2-11-28(12-3-1)32-23-24-36-41(27-32)51-40-22-10-20-37(43(36)40)46-48-45(35-19-8-16-29-13-6-7-17-33(29)35)49-47(50-46)38-21-9-18-34-39-25-30-14-4-5-15-31(30)26-42(39)52-44(34)38/h1-11,13-28H,12H2. The van der Waals surface area contributed by atoms with Crippen molar-refractivity contribution in [3.63, 3.8) is 0 Å². The van der Waals surface area contributed by atoms with Crippen LogP contribution in [0.4, 0.5) is 0 Å². The molecule has 3 aromatic heterocycles. The van der Waals surface area contributed by atoms with Crippen molar-refractivity contribution in [2.24, 2.45) is 0 Å². The van der Waals surface area contributed by atoms with Crippen LogP contribution in [0.3, 0.4) is 0 Å². The van der Waals surface area contributed by atoms with E-state index < -0.39 is 0 Å². The predicted octanol–water partition coefficient (Wildman–Crippen LogP) is 12.6. The zero-order chi connectivity index (χ0) is 34.2. The Kier molecular flexibility index (Phi) is 6.31. The number of furan rings is 2. The van der Waals surface area contributed by atoms with Crippen LogP contribution in [-0.2, 0) is 0 Å². The van der Waals surface area contributed by atoms with E-state index in [-0.39, 0.29) is 0 Å². The Bertz CT molecular complexity index is 3120. The maximum atomic E-state index is 6.66. The van der Waals surface area contributed by atoms with Gasteiger partial charge in [-0.2, -0.15) is 0 Å². The van der Waals surface area contributed by atoms with E-state index in [9.17, 15) is 0 Å². The fraction of sp³-hybridized carbons (Fsp3) is 0.0426. The predicted molar refractivity (Wildman–Crippen MR) is 211 cm³/mol. The van der Waals surface area contributed by atoms with Crippen LogP contribution in [0.25, 0.3) is 99.6 Å². The number of hydrogen-bond donors (Lipinski definition) is 0. The van der Waals surface area contributed by atoms with Crippen molar-refractivity contribution in [3.05, 3.63) is 163 Å². The van der Waals surface area contributed by atoms with Gasteiger partial charge < -0.3 is 8.83 Å². The van der Waals surface area contributed by atoms with Gasteiger partial charge in [0, 0.05) is 38.6 Å². The fourth-order valence-corrected chi connectivity index (χ4v) is 7.90. The van der Waals surface area contributed by atoms with Gasteiger partial charge in [0.25, 0.3) is 0 Å². The maximum Gasteiger partial charge on any atom is 0.167 e. The number of fused-ring (bicyclic) bond motifs is 8. The summed E-state index contributed by atoms with van der Waals surface area (Å²) in [5, 5.41) is 8.61. The molecule has 244 valence electrons. The molecule has 10 aromatic rings. The third-order valence-corrected chi connectivity index (χ3v) is 10.4. The molecule has 1 aliphatic rings. The van der Waals surface area contributed by atoms with Gasteiger partial charge in [-0.1, -0.05) is 127 Å². The first kappa shape index (κ1) is 28.9. The summed E-state index contributed by atoms with van der Waals surface area (Å²) in [7, 11) is 0. The molecule has 11 rings (SSSR count). The molecule has 0 N–H and O–H groups in total. The van der Waals surface area contributed by atoms with Crippen molar-refractivity contribution < 1.29 is 8.83 Å². The SMILES string of the molecule is C1=CCC(c2ccc3c(c2)oc2cccc(-c4nc(-c5cccc6ccccc56)nc(-c5cccc6c5oc5cc7ccccc7cc56)n4)c23)C=C1. The van der Waals surface area contributed by atoms with E-state index in [0.29, 0.717) is 23.4 Å². The Morgan fingerprint density at radius 3 is 2.00 bits per heavy atom. The second-order valence-corrected chi connectivity index (χ2v) is 13.5. The Morgan fingerprint density at radius 1 is 0.462 bits per heavy atom. The van der Waals surface area contributed by atoms with Crippen molar-refractivity contribution in [2.75, 3.05) is 0 Å². The molecule has 52 heavy (non-hydrogen) atoms. The van der Waals surface area contributed by atoms with Crippen LogP contribution in [-0.4, -0.2) is 15.0 Å². The first-order chi connectivity index (χ1) is 25.7. The van der Waals surface area contributed by atoms with Crippen molar-refractivity contribution >= 4 is 65.4 Å². The molecule has 0 spiro atoms. The average Bonchev–Trinajstić information content (AvgIpc) is 3.77. The van der Waals surface area contributed by atoms with Crippen LogP contribution >= 0.6 is 0 Å². The highest BCUT2D eigenvalue weighted by atomic mass is 16.3. The van der Waals surface area contributed by atoms with Gasteiger partial charge in [-0.3, -0.25) is 0 Å². The number of para-hydroxylation sites is 1. The average molecular weight is 668 g/mol. The van der Waals surface area contributed by atoms with Crippen LogP contribution in [0.5, 0.6) is 0 Å². The molecule has 0 saturated heterocycles. The quantitative estimate of drug-likeness (QED) is 0.187. The second kappa shape index (κ2) is 11.3. The monoisotopic (exact) mass is 667 g/mol. The van der Waals surface area contributed by atoms with Crippen LogP contribution in [0.2, 0.25) is 0 Å². The van der Waals surface area contributed by atoms with Crippen LogP contribution in [0.1, 0.15) is 17.9 Å². The van der Waals surface area contributed by atoms with Gasteiger partial charge in [-0.25, -0.2) is 15.0 Å². The number of rotatable bonds is 4. The Hall–Kier alpha value is -6.85. The van der Waals surface area contributed by atoms with E-state index in [0.717, 1.165) is 83.1 Å². The van der Waals surface area contributed by atoms with Crippen molar-refractivity contribution in [2.45, 2.75) is 12.3 Å². The largest absolute Gasteiger partial charge is 0.456 e. The second-order valence-electron chi connectivity index (χ2n) is 13.5. The lowest BCUT2D eigenvalue weighted by molar-refractivity contribution is 0.667. The zero-order valence-electron chi connectivity index (χ0n) is 28.0. The Balaban J connectivity index is 1.16. The molecule has 3 heterocycles. The first-order valence-corrected chi connectivity index (χ1v) is 17.6. The summed E-state index contributed by atoms with van der Waals surface area (Å²) in [6.07, 6.45) is 9.67. The molecular formula is C47H29N3O2. The van der Waals surface area contributed by atoms with Crippen LogP contribution in [0, 0.1) is 0 Å². The van der Waals surface area contributed by atoms with Crippen LogP contribution < -0.4 is 0 Å². The van der Waals surface area contributed by atoms with Gasteiger partial charge in [0.05, 0.1) is 5.56 Å². The number of hydrogen-bond acceptors (Lipinski definition) is 5. The molecule has 1 aliphatic carbocycles. The molecule has 0 amide bonds. The van der Waals surface area contributed by atoms with Crippen molar-refractivity contribution in [3.8, 4) is 34.2 Å². The molecule has 0 bridgehead atoms. The lowest BCUT2D eigenvalue weighted by Crippen LogP contribution is -2.01. The Labute approximate surface area is 298 Å². The van der Waals surface area contributed by atoms with Gasteiger partial charge in [0.15, 0.2) is 17.5 Å². The minimum atomic E-state index is 0.329. The molecule has 1 unspecified atom stereocenters. The van der Waals surface area contributed by atoms with Gasteiger partial charge >= 0.3 is 0 Å². The highest BCUT2D eigenvalue weighted by Gasteiger charge is 2.22. The minimum absolute atomic E-state index is 0.329.